The highest BCUT2D eigenvalue weighted by Crippen LogP contribution is 2.13. The van der Waals surface area contributed by atoms with Crippen LogP contribution in [0.4, 0.5) is 21.0 Å². The van der Waals surface area contributed by atoms with E-state index in [2.05, 4.69) is 0 Å². The molecule has 2 aromatic carbocycles. The lowest BCUT2D eigenvalue weighted by molar-refractivity contribution is -0.118. The summed E-state index contributed by atoms with van der Waals surface area (Å²) in [5.41, 5.74) is 13.5. The Labute approximate surface area is 214 Å². The van der Waals surface area contributed by atoms with Gasteiger partial charge in [-0.05, 0) is 83.4 Å². The predicted molar refractivity (Wildman–Crippen MR) is 142 cm³/mol. The number of nitrogens with zero attached hydrogens (tertiary/aromatic N) is 2. The molecule has 0 aromatic heterocycles. The summed E-state index contributed by atoms with van der Waals surface area (Å²) >= 11 is 0. The van der Waals surface area contributed by atoms with Crippen LogP contribution in [-0.2, 0) is 27.2 Å². The summed E-state index contributed by atoms with van der Waals surface area (Å²) in [5, 5.41) is 0. The molecule has 0 unspecified atom stereocenters. The number of rotatable bonds is 6. The molecule has 0 aliphatic carbocycles. The van der Waals surface area contributed by atoms with Crippen LogP contribution in [0.25, 0.3) is 0 Å². The minimum atomic E-state index is -0.658. The van der Waals surface area contributed by atoms with E-state index < -0.39 is 17.3 Å². The number of carbonyl (C=O) groups is 3. The first-order chi connectivity index (χ1) is 16.6. The van der Waals surface area contributed by atoms with E-state index in [4.69, 9.17) is 20.9 Å². The fraction of sp³-hybridized carbons (Fsp3) is 0.444. The molecule has 198 valence electrons. The molecule has 0 fully saturated rings. The van der Waals surface area contributed by atoms with Crippen molar-refractivity contribution in [2.45, 2.75) is 65.7 Å². The second-order valence-electron chi connectivity index (χ2n) is 10.4. The summed E-state index contributed by atoms with van der Waals surface area (Å²) in [6.07, 6.45) is 0.270. The number of benzene rings is 2. The normalized spacial score (nSPS) is 11.0. The van der Waals surface area contributed by atoms with Gasteiger partial charge in [0, 0.05) is 25.0 Å². The maximum absolute atomic E-state index is 11.7. The smallest absolute Gasteiger partial charge is 0.417 e. The molecule has 0 radical (unpaired) electrons. The van der Waals surface area contributed by atoms with Gasteiger partial charge in [-0.25, -0.2) is 14.5 Å². The van der Waals surface area contributed by atoms with Gasteiger partial charge in [0.1, 0.15) is 11.2 Å². The standard InChI is InChI=1S/C14H22N2O2.C13H18N2O3/c1-14(2,3)18-13(17)16(4)9-8-11-6-5-7-12(15)10-11;1-13(2,3)18-12(17)15(9-16)8-10-4-6-11(14)7-5-10/h5-7,10H,8-9,15H2,1-4H3;4-7,9H,8,14H2,1-3H3. The van der Waals surface area contributed by atoms with Crippen molar-refractivity contribution in [3.63, 3.8) is 0 Å². The number of nitrogen functional groups attached to an aromatic ring is 2. The SMILES string of the molecule is CC(C)(C)OC(=O)N(C=O)Cc1ccc(N)cc1.CN(CCc1cccc(N)c1)C(=O)OC(C)(C)C. The average molecular weight is 501 g/mol. The Balaban J connectivity index is 0.000000360. The predicted octanol–water partition coefficient (Wildman–Crippen LogP) is 4.84. The fourth-order valence-electron chi connectivity index (χ4n) is 2.76. The van der Waals surface area contributed by atoms with Crippen LogP contribution in [-0.4, -0.2) is 53.2 Å². The van der Waals surface area contributed by atoms with E-state index in [1.807, 2.05) is 45.0 Å². The lowest BCUT2D eigenvalue weighted by Gasteiger charge is -2.24. The van der Waals surface area contributed by atoms with Crippen LogP contribution in [0.15, 0.2) is 48.5 Å². The number of carbonyl (C=O) groups excluding carboxylic acids is 3. The monoisotopic (exact) mass is 500 g/mol. The first-order valence-electron chi connectivity index (χ1n) is 11.7. The Morgan fingerprint density at radius 3 is 1.89 bits per heavy atom. The topological polar surface area (TPSA) is 128 Å². The molecule has 0 heterocycles. The van der Waals surface area contributed by atoms with Crippen molar-refractivity contribution in [1.82, 2.24) is 9.80 Å². The molecule has 0 saturated carbocycles. The van der Waals surface area contributed by atoms with Crippen molar-refractivity contribution >= 4 is 30.0 Å². The van der Waals surface area contributed by atoms with Crippen molar-refractivity contribution in [2.24, 2.45) is 0 Å². The van der Waals surface area contributed by atoms with Gasteiger partial charge in [0.15, 0.2) is 0 Å². The Kier molecular flexibility index (Phi) is 11.2. The Hall–Kier alpha value is -3.75. The largest absolute Gasteiger partial charge is 0.444 e. The molecule has 0 bridgehead atoms. The van der Waals surface area contributed by atoms with Crippen molar-refractivity contribution in [3.8, 4) is 0 Å². The molecule has 0 atom stereocenters. The van der Waals surface area contributed by atoms with Gasteiger partial charge in [0.05, 0.1) is 6.54 Å². The summed E-state index contributed by atoms with van der Waals surface area (Å²) in [6.45, 7) is 11.6. The van der Waals surface area contributed by atoms with Gasteiger partial charge in [-0.3, -0.25) is 4.79 Å². The second-order valence-corrected chi connectivity index (χ2v) is 10.4. The van der Waals surface area contributed by atoms with Crippen LogP contribution in [0.1, 0.15) is 52.7 Å². The van der Waals surface area contributed by atoms with Gasteiger partial charge in [-0.15, -0.1) is 0 Å². The molecule has 36 heavy (non-hydrogen) atoms. The molecule has 3 amide bonds. The zero-order valence-electron chi connectivity index (χ0n) is 22.4. The third-order valence-electron chi connectivity index (χ3n) is 4.48. The van der Waals surface area contributed by atoms with E-state index in [1.54, 1.807) is 57.0 Å². The van der Waals surface area contributed by atoms with Crippen molar-refractivity contribution < 1.29 is 23.9 Å². The second kappa shape index (κ2) is 13.4. The number of ether oxygens (including phenoxy) is 2. The first kappa shape index (κ1) is 30.3. The maximum Gasteiger partial charge on any atom is 0.417 e. The summed E-state index contributed by atoms with van der Waals surface area (Å²) in [5.74, 6) is 0. The molecule has 0 saturated heterocycles. The van der Waals surface area contributed by atoms with Gasteiger partial charge in [0.25, 0.3) is 0 Å². The number of hydrogen-bond donors (Lipinski definition) is 2. The lowest BCUT2D eigenvalue weighted by atomic mass is 10.1. The number of hydrogen-bond acceptors (Lipinski definition) is 7. The van der Waals surface area contributed by atoms with E-state index in [0.717, 1.165) is 28.1 Å². The molecular formula is C27H40N4O5. The van der Waals surface area contributed by atoms with Gasteiger partial charge in [-0.1, -0.05) is 24.3 Å². The molecule has 0 spiro atoms. The van der Waals surface area contributed by atoms with Gasteiger partial charge in [0.2, 0.25) is 6.41 Å². The molecular weight excluding hydrogens is 460 g/mol. The van der Waals surface area contributed by atoms with Crippen LogP contribution in [0.2, 0.25) is 0 Å². The lowest BCUT2D eigenvalue weighted by Crippen LogP contribution is -2.35. The Morgan fingerprint density at radius 1 is 0.833 bits per heavy atom. The molecule has 2 rings (SSSR count). The van der Waals surface area contributed by atoms with Crippen molar-refractivity contribution in [1.29, 1.82) is 0 Å². The Bertz CT molecular complexity index is 994. The first-order valence-corrected chi connectivity index (χ1v) is 11.7. The quantitative estimate of drug-likeness (QED) is 0.429. The third kappa shape index (κ3) is 12.6. The van der Waals surface area contributed by atoms with E-state index in [1.165, 1.54) is 0 Å². The van der Waals surface area contributed by atoms with Gasteiger partial charge >= 0.3 is 12.2 Å². The summed E-state index contributed by atoms with van der Waals surface area (Å²) in [6, 6.07) is 14.6. The van der Waals surface area contributed by atoms with E-state index in [-0.39, 0.29) is 12.6 Å². The number of likely N-dealkylation sites (N-methyl/N-ethyl adjacent to an activating group) is 1. The molecule has 9 heteroatoms. The zero-order chi connectivity index (χ0) is 27.5. The molecule has 4 N–H and O–H groups in total. The average Bonchev–Trinajstić information content (AvgIpc) is 2.75. The van der Waals surface area contributed by atoms with Crippen LogP contribution in [0.3, 0.4) is 0 Å². The summed E-state index contributed by atoms with van der Waals surface area (Å²) in [4.78, 5) is 36.9. The fourth-order valence-corrected chi connectivity index (χ4v) is 2.76. The molecule has 0 aliphatic rings. The van der Waals surface area contributed by atoms with Crippen LogP contribution in [0, 0.1) is 0 Å². The third-order valence-corrected chi connectivity index (χ3v) is 4.48. The van der Waals surface area contributed by atoms with E-state index in [0.29, 0.717) is 18.6 Å². The van der Waals surface area contributed by atoms with E-state index >= 15 is 0 Å². The highest BCUT2D eigenvalue weighted by Gasteiger charge is 2.22. The number of anilines is 2. The van der Waals surface area contributed by atoms with Gasteiger partial charge in [-0.2, -0.15) is 0 Å². The maximum atomic E-state index is 11.7. The van der Waals surface area contributed by atoms with Crippen LogP contribution >= 0.6 is 0 Å². The number of imide groups is 1. The number of amides is 3. The van der Waals surface area contributed by atoms with Crippen LogP contribution in [0.5, 0.6) is 0 Å². The van der Waals surface area contributed by atoms with Crippen molar-refractivity contribution in [3.05, 3.63) is 59.7 Å². The zero-order valence-corrected chi connectivity index (χ0v) is 22.4. The van der Waals surface area contributed by atoms with E-state index in [9.17, 15) is 14.4 Å². The highest BCUT2D eigenvalue weighted by molar-refractivity contribution is 5.80. The van der Waals surface area contributed by atoms with Crippen molar-refractivity contribution in [2.75, 3.05) is 25.1 Å². The summed E-state index contributed by atoms with van der Waals surface area (Å²) in [7, 11) is 1.74. The van der Waals surface area contributed by atoms with Gasteiger partial charge < -0.3 is 25.8 Å². The van der Waals surface area contributed by atoms with Crippen LogP contribution < -0.4 is 11.5 Å². The number of nitrogens with two attached hydrogens (primary N) is 2. The highest BCUT2D eigenvalue weighted by atomic mass is 16.6. The molecule has 2 aromatic rings. The Morgan fingerprint density at radius 2 is 1.39 bits per heavy atom. The minimum Gasteiger partial charge on any atom is -0.444 e. The molecule has 9 nitrogen and oxygen atoms in total. The minimum absolute atomic E-state index is 0.165. The summed E-state index contributed by atoms with van der Waals surface area (Å²) < 4.78 is 10.4. The molecule has 0 aliphatic heterocycles.